The summed E-state index contributed by atoms with van der Waals surface area (Å²) < 4.78 is 40.6. The molecule has 0 fully saturated rings. The summed E-state index contributed by atoms with van der Waals surface area (Å²) in [5.74, 6) is -0.452. The molecule has 0 heterocycles. The highest BCUT2D eigenvalue weighted by Gasteiger charge is 2.21. The summed E-state index contributed by atoms with van der Waals surface area (Å²) in [6.45, 7) is 0. The molecule has 11 heteroatoms. The standard InChI is InChI=1S/C19H14ClFN4O4S/c20-14-4-2-6-16(10-14)24-30(28,29)17-7-8-18(19(11-17)25(26)27)23-22-12-13-3-1-5-15(21)9-13/h1-12,23-24H/b22-12-. The van der Waals surface area contributed by atoms with E-state index in [2.05, 4.69) is 15.2 Å². The number of hydrogen-bond donors (Lipinski definition) is 2. The molecule has 2 N–H and O–H groups in total. The summed E-state index contributed by atoms with van der Waals surface area (Å²) in [7, 11) is -4.09. The van der Waals surface area contributed by atoms with Crippen LogP contribution in [0, 0.1) is 15.9 Å². The molecule has 154 valence electrons. The first kappa shape index (κ1) is 21.2. The highest BCUT2D eigenvalue weighted by atomic mass is 35.5. The Hall–Kier alpha value is -3.50. The quantitative estimate of drug-likeness (QED) is 0.310. The van der Waals surface area contributed by atoms with Crippen molar-refractivity contribution >= 4 is 44.9 Å². The van der Waals surface area contributed by atoms with Gasteiger partial charge in [0.15, 0.2) is 0 Å². The highest BCUT2D eigenvalue weighted by Crippen LogP contribution is 2.29. The Labute approximate surface area is 176 Å². The zero-order valence-electron chi connectivity index (χ0n) is 15.1. The largest absolute Gasteiger partial charge is 0.295 e. The van der Waals surface area contributed by atoms with Crippen molar-refractivity contribution in [2.24, 2.45) is 5.10 Å². The smallest absolute Gasteiger partial charge is 0.280 e. The number of hydrazone groups is 1. The number of nitro groups is 1. The summed E-state index contributed by atoms with van der Waals surface area (Å²) in [5.41, 5.74) is 2.59. The molecule has 0 aliphatic heterocycles. The zero-order chi connectivity index (χ0) is 21.7. The van der Waals surface area contributed by atoms with Gasteiger partial charge in [-0.1, -0.05) is 29.8 Å². The number of nitro benzene ring substituents is 1. The molecular formula is C19H14ClFN4O4S. The molecule has 3 rings (SSSR count). The second-order valence-corrected chi connectivity index (χ2v) is 8.10. The van der Waals surface area contributed by atoms with E-state index in [1.54, 1.807) is 18.2 Å². The second-order valence-electron chi connectivity index (χ2n) is 5.98. The lowest BCUT2D eigenvalue weighted by Crippen LogP contribution is -2.13. The van der Waals surface area contributed by atoms with Gasteiger partial charge in [0.2, 0.25) is 0 Å². The molecule has 0 bridgehead atoms. The Morgan fingerprint density at radius 3 is 2.53 bits per heavy atom. The number of benzene rings is 3. The molecule has 8 nitrogen and oxygen atoms in total. The fraction of sp³-hybridized carbons (Fsp3) is 0. The number of nitrogens with zero attached hydrogens (tertiary/aromatic N) is 2. The molecule has 0 saturated heterocycles. The van der Waals surface area contributed by atoms with Crippen LogP contribution in [0.4, 0.5) is 21.5 Å². The van der Waals surface area contributed by atoms with Crippen LogP contribution >= 0.6 is 11.6 Å². The lowest BCUT2D eigenvalue weighted by Gasteiger charge is -2.09. The third kappa shape index (κ3) is 5.31. The molecule has 0 aliphatic carbocycles. The number of anilines is 2. The van der Waals surface area contributed by atoms with Crippen molar-refractivity contribution in [2.45, 2.75) is 4.90 Å². The van der Waals surface area contributed by atoms with Gasteiger partial charge in [0.05, 0.1) is 21.7 Å². The predicted octanol–water partition coefficient (Wildman–Crippen LogP) is 4.63. The van der Waals surface area contributed by atoms with Crippen LogP contribution in [-0.2, 0) is 10.0 Å². The molecule has 0 spiro atoms. The van der Waals surface area contributed by atoms with E-state index in [1.807, 2.05) is 0 Å². The first-order valence-electron chi connectivity index (χ1n) is 8.36. The van der Waals surface area contributed by atoms with Crippen LogP contribution in [0.1, 0.15) is 5.56 Å². The van der Waals surface area contributed by atoms with E-state index in [0.29, 0.717) is 10.6 Å². The number of rotatable bonds is 7. The van der Waals surface area contributed by atoms with E-state index in [9.17, 15) is 22.9 Å². The van der Waals surface area contributed by atoms with E-state index >= 15 is 0 Å². The molecule has 3 aromatic carbocycles. The Balaban J connectivity index is 1.85. The molecule has 0 aromatic heterocycles. The average Bonchev–Trinajstić information content (AvgIpc) is 2.67. The van der Waals surface area contributed by atoms with Gasteiger partial charge < -0.3 is 0 Å². The van der Waals surface area contributed by atoms with E-state index in [0.717, 1.165) is 6.07 Å². The van der Waals surface area contributed by atoms with Crippen molar-refractivity contribution < 1.29 is 17.7 Å². The number of hydrogen-bond acceptors (Lipinski definition) is 6. The van der Waals surface area contributed by atoms with Gasteiger partial charge in [-0.05, 0) is 48.0 Å². The van der Waals surface area contributed by atoms with Crippen molar-refractivity contribution in [1.29, 1.82) is 0 Å². The van der Waals surface area contributed by atoms with Crippen LogP contribution in [0.15, 0.2) is 76.7 Å². The highest BCUT2D eigenvalue weighted by molar-refractivity contribution is 7.92. The van der Waals surface area contributed by atoms with Gasteiger partial charge in [0, 0.05) is 11.1 Å². The third-order valence-electron chi connectivity index (χ3n) is 3.80. The minimum Gasteiger partial charge on any atom is -0.280 e. The number of nitrogens with one attached hydrogen (secondary N) is 2. The van der Waals surface area contributed by atoms with Gasteiger partial charge in [-0.3, -0.25) is 20.3 Å². The van der Waals surface area contributed by atoms with Crippen molar-refractivity contribution in [1.82, 2.24) is 0 Å². The molecule has 0 amide bonds. The summed E-state index contributed by atoms with van der Waals surface area (Å²) >= 11 is 5.84. The predicted molar refractivity (Wildman–Crippen MR) is 113 cm³/mol. The minimum absolute atomic E-state index is 0.0330. The fourth-order valence-corrected chi connectivity index (χ4v) is 3.71. The van der Waals surface area contributed by atoms with Crippen LogP contribution in [0.2, 0.25) is 5.02 Å². The number of sulfonamides is 1. The summed E-state index contributed by atoms with van der Waals surface area (Å²) in [5, 5.41) is 15.6. The van der Waals surface area contributed by atoms with E-state index in [-0.39, 0.29) is 16.3 Å². The molecule has 0 atom stereocenters. The summed E-state index contributed by atoms with van der Waals surface area (Å²) in [4.78, 5) is 10.4. The van der Waals surface area contributed by atoms with Crippen molar-refractivity contribution in [3.8, 4) is 0 Å². The van der Waals surface area contributed by atoms with Gasteiger partial charge in [-0.2, -0.15) is 5.10 Å². The first-order chi connectivity index (χ1) is 14.2. The monoisotopic (exact) mass is 448 g/mol. The molecular weight excluding hydrogens is 435 g/mol. The Morgan fingerprint density at radius 2 is 1.83 bits per heavy atom. The first-order valence-corrected chi connectivity index (χ1v) is 10.2. The Morgan fingerprint density at radius 1 is 1.07 bits per heavy atom. The van der Waals surface area contributed by atoms with Gasteiger partial charge in [-0.15, -0.1) is 0 Å². The van der Waals surface area contributed by atoms with Gasteiger partial charge in [-0.25, -0.2) is 12.8 Å². The third-order valence-corrected chi connectivity index (χ3v) is 5.41. The van der Waals surface area contributed by atoms with Crippen LogP contribution in [-0.4, -0.2) is 19.6 Å². The summed E-state index contributed by atoms with van der Waals surface area (Å²) in [6, 6.07) is 15.0. The number of halogens is 2. The Bertz CT molecular complexity index is 1230. The van der Waals surface area contributed by atoms with Crippen molar-refractivity contribution in [3.05, 3.63) is 93.2 Å². The summed E-state index contributed by atoms with van der Waals surface area (Å²) in [6.07, 6.45) is 1.28. The van der Waals surface area contributed by atoms with Crippen molar-refractivity contribution in [2.75, 3.05) is 10.1 Å². The maximum atomic E-state index is 13.2. The molecule has 0 saturated carbocycles. The van der Waals surface area contributed by atoms with Gasteiger partial charge in [0.25, 0.3) is 15.7 Å². The maximum Gasteiger partial charge on any atom is 0.295 e. The molecule has 3 aromatic rings. The topological polar surface area (TPSA) is 114 Å². The maximum absolute atomic E-state index is 13.2. The van der Waals surface area contributed by atoms with Crippen LogP contribution in [0.3, 0.4) is 0 Å². The van der Waals surface area contributed by atoms with Crippen LogP contribution < -0.4 is 10.1 Å². The minimum atomic E-state index is -4.09. The molecule has 0 aliphatic rings. The van der Waals surface area contributed by atoms with Gasteiger partial charge in [0.1, 0.15) is 11.5 Å². The molecule has 30 heavy (non-hydrogen) atoms. The van der Waals surface area contributed by atoms with Crippen LogP contribution in [0.5, 0.6) is 0 Å². The fourth-order valence-electron chi connectivity index (χ4n) is 2.45. The molecule has 0 radical (unpaired) electrons. The Kier molecular flexibility index (Phi) is 6.28. The zero-order valence-corrected chi connectivity index (χ0v) is 16.7. The van der Waals surface area contributed by atoms with E-state index < -0.39 is 26.5 Å². The lowest BCUT2D eigenvalue weighted by atomic mass is 10.2. The molecule has 0 unspecified atom stereocenters. The lowest BCUT2D eigenvalue weighted by molar-refractivity contribution is -0.384. The normalized spacial score (nSPS) is 11.4. The van der Waals surface area contributed by atoms with Crippen LogP contribution in [0.25, 0.3) is 0 Å². The average molecular weight is 449 g/mol. The van der Waals surface area contributed by atoms with E-state index in [4.69, 9.17) is 11.6 Å². The van der Waals surface area contributed by atoms with Crippen molar-refractivity contribution in [3.63, 3.8) is 0 Å². The van der Waals surface area contributed by atoms with Gasteiger partial charge >= 0.3 is 0 Å². The SMILES string of the molecule is O=[N+]([O-])c1cc(S(=O)(=O)Nc2cccc(Cl)c2)ccc1N/N=C\c1cccc(F)c1. The van der Waals surface area contributed by atoms with E-state index in [1.165, 1.54) is 48.7 Å². The second kappa shape index (κ2) is 8.89.